The molecule has 1 heterocycles. The third-order valence-electron chi connectivity index (χ3n) is 2.79. The summed E-state index contributed by atoms with van der Waals surface area (Å²) in [7, 11) is -8.76. The molecule has 0 aliphatic carbocycles. The molecule has 1 N–H and O–H groups in total. The van der Waals surface area contributed by atoms with Gasteiger partial charge in [0.05, 0.1) is 13.2 Å². The van der Waals surface area contributed by atoms with E-state index in [-0.39, 0.29) is 6.54 Å². The highest BCUT2D eigenvalue weighted by molar-refractivity contribution is 7.87. The summed E-state index contributed by atoms with van der Waals surface area (Å²) < 4.78 is 64.0. The molecule has 0 spiro atoms. The van der Waals surface area contributed by atoms with Gasteiger partial charge < -0.3 is 9.45 Å². The maximum Gasteiger partial charge on any atom is 0.342 e. The van der Waals surface area contributed by atoms with Crippen LogP contribution in [0.1, 0.15) is 19.8 Å². The van der Waals surface area contributed by atoms with Gasteiger partial charge >= 0.3 is 15.6 Å². The molecule has 0 fully saturated rings. The lowest BCUT2D eigenvalue weighted by molar-refractivity contribution is -0.751. The first kappa shape index (κ1) is 15.4. The summed E-state index contributed by atoms with van der Waals surface area (Å²) in [6.07, 6.45) is 3.53. The second-order valence-corrected chi connectivity index (χ2v) is 7.31. The fourth-order valence-electron chi connectivity index (χ4n) is 1.81. The van der Waals surface area contributed by atoms with E-state index < -0.39 is 29.8 Å². The number of hydrogen-bond donors (Lipinski definition) is 1. The van der Waals surface area contributed by atoms with Crippen LogP contribution in [-0.4, -0.2) is 53.8 Å². The minimum atomic E-state index is -4.97. The monoisotopic (exact) mass is 300 g/mol. The van der Waals surface area contributed by atoms with E-state index in [2.05, 4.69) is 0 Å². The van der Waals surface area contributed by atoms with Gasteiger partial charge in [0.15, 0.2) is 0 Å². The molecular weight excluding hydrogens is 284 g/mol. The topological polar surface area (TPSA) is 115 Å². The van der Waals surface area contributed by atoms with Crippen molar-refractivity contribution in [3.05, 3.63) is 12.4 Å². The highest BCUT2D eigenvalue weighted by atomic mass is 32.2. The maximum atomic E-state index is 11.3. The molecule has 1 aliphatic heterocycles. The van der Waals surface area contributed by atoms with Gasteiger partial charge in [-0.2, -0.15) is 20.7 Å². The Balaban J connectivity index is 3.22. The van der Waals surface area contributed by atoms with Crippen molar-refractivity contribution < 1.29 is 29.8 Å². The van der Waals surface area contributed by atoms with Crippen LogP contribution in [0.15, 0.2) is 12.4 Å². The molecule has 0 saturated heterocycles. The number of rotatable bonds is 5. The fraction of sp³-hybridized carbons (Fsp3) is 0.750. The van der Waals surface area contributed by atoms with E-state index in [1.165, 1.54) is 6.20 Å². The van der Waals surface area contributed by atoms with Gasteiger partial charge in [-0.25, -0.2) is 0 Å². The van der Waals surface area contributed by atoms with Gasteiger partial charge in [0, 0.05) is 6.54 Å². The second kappa shape index (κ2) is 4.78. The number of nitrogens with zero attached hydrogens (tertiary/aromatic N) is 2. The van der Waals surface area contributed by atoms with Crippen molar-refractivity contribution in [3.63, 3.8) is 0 Å². The molecule has 2 atom stereocenters. The minimum absolute atomic E-state index is 0.237. The zero-order valence-corrected chi connectivity index (χ0v) is 11.7. The lowest BCUT2D eigenvalue weighted by Gasteiger charge is -2.35. The first-order valence-electron chi connectivity index (χ1n) is 5.27. The minimum Gasteiger partial charge on any atom is -0.701 e. The van der Waals surface area contributed by atoms with Crippen molar-refractivity contribution in [1.29, 1.82) is 0 Å². The standard InChI is InChI=1S/C8H16N2O6S2/c1-3-4-5-9-6-7-10(2,18(14,15)16)8(9)17(11,12)13/h6-8H,3-5H2,1-2H3,(H-,11,12,13,14,15,16). The SMILES string of the molecule is CCCCN1C=C[N+](C)(S(=O)(=O)[O-])C1S(=O)(=O)O. The first-order valence-corrected chi connectivity index (χ1v) is 8.14. The van der Waals surface area contributed by atoms with E-state index in [1.807, 2.05) is 6.92 Å². The Labute approximate surface area is 107 Å². The predicted molar refractivity (Wildman–Crippen MR) is 62.0 cm³/mol. The van der Waals surface area contributed by atoms with Gasteiger partial charge in [0.2, 0.25) is 0 Å². The molecule has 0 radical (unpaired) electrons. The summed E-state index contributed by atoms with van der Waals surface area (Å²) in [5, 5.41) is 0. The van der Waals surface area contributed by atoms with Crippen molar-refractivity contribution in [3.8, 4) is 0 Å². The number of hydrogen-bond acceptors (Lipinski definition) is 6. The van der Waals surface area contributed by atoms with Crippen molar-refractivity contribution in [2.45, 2.75) is 25.3 Å². The highest BCUT2D eigenvalue weighted by Gasteiger charge is 2.52. The molecule has 0 aromatic heterocycles. The van der Waals surface area contributed by atoms with Crippen LogP contribution in [0.4, 0.5) is 0 Å². The molecule has 1 rings (SSSR count). The van der Waals surface area contributed by atoms with Gasteiger partial charge in [-0.15, -0.1) is 0 Å². The third-order valence-corrected chi connectivity index (χ3v) is 5.45. The third kappa shape index (κ3) is 2.67. The molecule has 8 nitrogen and oxygen atoms in total. The van der Waals surface area contributed by atoms with Gasteiger partial charge in [-0.1, -0.05) is 13.3 Å². The van der Waals surface area contributed by atoms with E-state index in [4.69, 9.17) is 4.55 Å². The normalized spacial score (nSPS) is 28.9. The van der Waals surface area contributed by atoms with Crippen LogP contribution in [0.2, 0.25) is 0 Å². The molecule has 0 bridgehead atoms. The summed E-state index contributed by atoms with van der Waals surface area (Å²) in [5.74, 6) is 0. The number of quaternary nitrogens is 1. The molecule has 10 heteroatoms. The molecule has 106 valence electrons. The summed E-state index contributed by atoms with van der Waals surface area (Å²) in [5.41, 5.74) is -1.84. The molecule has 0 amide bonds. The Morgan fingerprint density at radius 1 is 1.39 bits per heavy atom. The zero-order chi connectivity index (χ0) is 14.2. The molecule has 1 aliphatic rings. The molecule has 18 heavy (non-hydrogen) atoms. The van der Waals surface area contributed by atoms with E-state index in [1.54, 1.807) is 0 Å². The van der Waals surface area contributed by atoms with E-state index >= 15 is 0 Å². The summed E-state index contributed by atoms with van der Waals surface area (Å²) >= 11 is 0. The predicted octanol–water partition coefficient (Wildman–Crippen LogP) is -0.348. The molecular formula is C8H16N2O6S2. The Bertz CT molecular complexity index is 540. The number of unbranched alkanes of at least 4 members (excludes halogenated alkanes) is 1. The molecule has 0 saturated carbocycles. The van der Waals surface area contributed by atoms with Crippen LogP contribution in [0.5, 0.6) is 0 Å². The van der Waals surface area contributed by atoms with Crippen molar-refractivity contribution in [2.75, 3.05) is 13.6 Å². The highest BCUT2D eigenvalue weighted by Crippen LogP contribution is 2.30. The van der Waals surface area contributed by atoms with Crippen LogP contribution >= 0.6 is 0 Å². The molecule has 2 unspecified atom stereocenters. The van der Waals surface area contributed by atoms with Crippen LogP contribution in [0.25, 0.3) is 0 Å². The van der Waals surface area contributed by atoms with Crippen molar-refractivity contribution >= 4 is 20.4 Å². The van der Waals surface area contributed by atoms with Crippen LogP contribution in [-0.2, 0) is 20.4 Å². The first-order chi connectivity index (χ1) is 8.04. The smallest absolute Gasteiger partial charge is 0.342 e. The van der Waals surface area contributed by atoms with Crippen molar-refractivity contribution in [1.82, 2.24) is 4.90 Å². The average Bonchev–Trinajstić information content (AvgIpc) is 2.52. The van der Waals surface area contributed by atoms with Crippen LogP contribution in [0, 0.1) is 0 Å². The van der Waals surface area contributed by atoms with Gasteiger partial charge in [-0.05, 0) is 6.42 Å². The maximum absolute atomic E-state index is 11.3. The molecule has 0 aromatic carbocycles. The Morgan fingerprint density at radius 2 is 1.94 bits per heavy atom. The quantitative estimate of drug-likeness (QED) is 0.545. The van der Waals surface area contributed by atoms with E-state index in [0.717, 1.165) is 24.6 Å². The summed E-state index contributed by atoms with van der Waals surface area (Å²) in [4.78, 5) is 1.15. The Morgan fingerprint density at radius 3 is 2.33 bits per heavy atom. The zero-order valence-electron chi connectivity index (χ0n) is 10.1. The van der Waals surface area contributed by atoms with Gasteiger partial charge in [-0.3, -0.25) is 4.55 Å². The fourth-order valence-corrected chi connectivity index (χ4v) is 4.11. The Kier molecular flexibility index (Phi) is 4.08. The lowest BCUT2D eigenvalue weighted by Crippen LogP contribution is -2.58. The van der Waals surface area contributed by atoms with Crippen LogP contribution < -0.4 is 0 Å². The average molecular weight is 300 g/mol. The Hall–Kier alpha value is -0.680. The largest absolute Gasteiger partial charge is 0.701 e. The van der Waals surface area contributed by atoms with Gasteiger partial charge in [0.25, 0.3) is 10.3 Å². The van der Waals surface area contributed by atoms with E-state index in [9.17, 15) is 21.4 Å². The van der Waals surface area contributed by atoms with E-state index in [0.29, 0.717) is 6.42 Å². The lowest BCUT2D eigenvalue weighted by atomic mass is 10.3. The second-order valence-electron chi connectivity index (χ2n) is 4.22. The summed E-state index contributed by atoms with van der Waals surface area (Å²) in [6, 6.07) is 0. The van der Waals surface area contributed by atoms with Gasteiger partial charge in [0.1, 0.15) is 6.20 Å². The van der Waals surface area contributed by atoms with Crippen LogP contribution in [0.3, 0.4) is 0 Å². The summed E-state index contributed by atoms with van der Waals surface area (Å²) in [6.45, 7) is 2.11. The molecule has 0 aromatic rings. The van der Waals surface area contributed by atoms with Crippen molar-refractivity contribution in [2.24, 2.45) is 0 Å².